The first-order valence-electron chi connectivity index (χ1n) is 7.28. The minimum Gasteiger partial charge on any atom is -0.496 e. The Morgan fingerprint density at radius 2 is 2.15 bits per heavy atom. The molecule has 20 heavy (non-hydrogen) atoms. The predicted molar refractivity (Wildman–Crippen MR) is 79.9 cm³/mol. The van der Waals surface area contributed by atoms with Crippen LogP contribution < -0.4 is 15.8 Å². The van der Waals surface area contributed by atoms with Crippen LogP contribution >= 0.6 is 0 Å². The van der Waals surface area contributed by atoms with Gasteiger partial charge in [-0.05, 0) is 50.3 Å². The molecule has 0 aromatic heterocycles. The maximum Gasteiger partial charge on any atom is 0.255 e. The van der Waals surface area contributed by atoms with Gasteiger partial charge < -0.3 is 15.8 Å². The Bertz CT molecular complexity index is 474. The van der Waals surface area contributed by atoms with Gasteiger partial charge in [-0.2, -0.15) is 0 Å². The first-order chi connectivity index (χ1) is 9.65. The molecule has 4 nitrogen and oxygen atoms in total. The van der Waals surface area contributed by atoms with Gasteiger partial charge in [-0.3, -0.25) is 4.79 Å². The maximum absolute atomic E-state index is 12.3. The van der Waals surface area contributed by atoms with E-state index in [0.717, 1.165) is 12.0 Å². The van der Waals surface area contributed by atoms with Crippen LogP contribution in [0.15, 0.2) is 18.2 Å². The highest BCUT2D eigenvalue weighted by Gasteiger charge is 2.26. The number of methoxy groups -OCH3 is 1. The number of benzene rings is 1. The lowest BCUT2D eigenvalue weighted by Gasteiger charge is -2.18. The summed E-state index contributed by atoms with van der Waals surface area (Å²) in [4.78, 5) is 12.3. The third kappa shape index (κ3) is 3.31. The van der Waals surface area contributed by atoms with E-state index in [1.807, 2.05) is 25.1 Å². The van der Waals surface area contributed by atoms with Gasteiger partial charge >= 0.3 is 0 Å². The molecule has 0 bridgehead atoms. The van der Waals surface area contributed by atoms with Gasteiger partial charge in [0.05, 0.1) is 12.7 Å². The molecular weight excluding hydrogens is 252 g/mol. The summed E-state index contributed by atoms with van der Waals surface area (Å²) in [6.45, 7) is 3.39. The monoisotopic (exact) mass is 276 g/mol. The summed E-state index contributed by atoms with van der Waals surface area (Å²) in [5.74, 6) is 1.62. The second-order valence-corrected chi connectivity index (χ2v) is 5.60. The molecule has 0 saturated heterocycles. The van der Waals surface area contributed by atoms with Crippen LogP contribution in [0.1, 0.15) is 35.2 Å². The molecule has 0 aliphatic heterocycles. The molecule has 1 saturated carbocycles. The average Bonchev–Trinajstić information content (AvgIpc) is 2.92. The van der Waals surface area contributed by atoms with Crippen LogP contribution in [-0.4, -0.2) is 26.1 Å². The summed E-state index contributed by atoms with van der Waals surface area (Å²) in [5, 5.41) is 3.03. The highest BCUT2D eigenvalue weighted by molar-refractivity contribution is 5.97. The first kappa shape index (κ1) is 14.9. The van der Waals surface area contributed by atoms with Crippen LogP contribution in [0.2, 0.25) is 0 Å². The Morgan fingerprint density at radius 3 is 2.85 bits per heavy atom. The molecule has 0 heterocycles. The zero-order valence-corrected chi connectivity index (χ0v) is 12.3. The van der Waals surface area contributed by atoms with Gasteiger partial charge in [-0.15, -0.1) is 0 Å². The van der Waals surface area contributed by atoms with Gasteiger partial charge in [-0.25, -0.2) is 0 Å². The van der Waals surface area contributed by atoms with E-state index >= 15 is 0 Å². The van der Waals surface area contributed by atoms with E-state index in [0.29, 0.717) is 36.2 Å². The Balaban J connectivity index is 2.00. The molecule has 2 atom stereocenters. The normalized spacial score (nSPS) is 21.8. The number of hydrogen-bond donors (Lipinski definition) is 2. The van der Waals surface area contributed by atoms with Crippen molar-refractivity contribution in [3.8, 4) is 5.75 Å². The number of nitrogens with two attached hydrogens (primary N) is 1. The summed E-state index contributed by atoms with van der Waals surface area (Å²) >= 11 is 0. The number of carbonyl (C=O) groups excluding carboxylic acids is 1. The lowest BCUT2D eigenvalue weighted by atomic mass is 9.96. The molecule has 110 valence electrons. The Morgan fingerprint density at radius 1 is 1.40 bits per heavy atom. The van der Waals surface area contributed by atoms with Crippen molar-refractivity contribution in [3.05, 3.63) is 29.3 Å². The minimum absolute atomic E-state index is 0.0618. The minimum atomic E-state index is -0.0618. The average molecular weight is 276 g/mol. The molecule has 1 amide bonds. The SMILES string of the molecule is COc1ccc(C)cc1C(=O)NCC1CCCC1CN. The molecule has 1 aliphatic rings. The highest BCUT2D eigenvalue weighted by Crippen LogP contribution is 2.30. The zero-order chi connectivity index (χ0) is 14.5. The molecule has 4 heteroatoms. The third-order valence-electron chi connectivity index (χ3n) is 4.24. The number of nitrogens with one attached hydrogen (secondary N) is 1. The van der Waals surface area contributed by atoms with E-state index in [9.17, 15) is 4.79 Å². The van der Waals surface area contributed by atoms with E-state index in [1.165, 1.54) is 12.8 Å². The molecule has 1 fully saturated rings. The van der Waals surface area contributed by atoms with Gasteiger partial charge in [-0.1, -0.05) is 18.1 Å². The smallest absolute Gasteiger partial charge is 0.255 e. The summed E-state index contributed by atoms with van der Waals surface area (Å²) < 4.78 is 5.25. The van der Waals surface area contributed by atoms with Crippen LogP contribution in [0, 0.1) is 18.8 Å². The fraction of sp³-hybridized carbons (Fsp3) is 0.562. The summed E-state index contributed by atoms with van der Waals surface area (Å²) in [5.41, 5.74) is 7.43. The van der Waals surface area contributed by atoms with Crippen molar-refractivity contribution in [2.45, 2.75) is 26.2 Å². The van der Waals surface area contributed by atoms with Crippen LogP contribution in [0.4, 0.5) is 0 Å². The lowest BCUT2D eigenvalue weighted by molar-refractivity contribution is 0.0941. The Hall–Kier alpha value is -1.55. The number of aryl methyl sites for hydroxylation is 1. The van der Waals surface area contributed by atoms with Crippen molar-refractivity contribution < 1.29 is 9.53 Å². The molecule has 2 unspecified atom stereocenters. The van der Waals surface area contributed by atoms with Crippen molar-refractivity contribution in [2.24, 2.45) is 17.6 Å². The number of hydrogen-bond acceptors (Lipinski definition) is 3. The molecule has 1 aromatic carbocycles. The van der Waals surface area contributed by atoms with Gasteiger partial charge in [0.15, 0.2) is 0 Å². The van der Waals surface area contributed by atoms with Crippen LogP contribution in [0.25, 0.3) is 0 Å². The second kappa shape index (κ2) is 6.75. The topological polar surface area (TPSA) is 64.3 Å². The van der Waals surface area contributed by atoms with E-state index < -0.39 is 0 Å². The molecule has 3 N–H and O–H groups in total. The molecule has 0 radical (unpaired) electrons. The number of carbonyl (C=O) groups is 1. The number of amides is 1. The van der Waals surface area contributed by atoms with E-state index in [2.05, 4.69) is 5.32 Å². The van der Waals surface area contributed by atoms with Crippen molar-refractivity contribution in [1.29, 1.82) is 0 Å². The van der Waals surface area contributed by atoms with E-state index in [1.54, 1.807) is 7.11 Å². The van der Waals surface area contributed by atoms with Gasteiger partial charge in [0.1, 0.15) is 5.75 Å². The zero-order valence-electron chi connectivity index (χ0n) is 12.3. The molecule has 1 aliphatic carbocycles. The van der Waals surface area contributed by atoms with Gasteiger partial charge in [0.2, 0.25) is 0 Å². The molecule has 2 rings (SSSR count). The summed E-state index contributed by atoms with van der Waals surface area (Å²) in [6.07, 6.45) is 3.56. The van der Waals surface area contributed by atoms with Gasteiger partial charge in [0.25, 0.3) is 5.91 Å². The summed E-state index contributed by atoms with van der Waals surface area (Å²) in [6, 6.07) is 5.64. The largest absolute Gasteiger partial charge is 0.496 e. The second-order valence-electron chi connectivity index (χ2n) is 5.60. The van der Waals surface area contributed by atoms with Crippen molar-refractivity contribution >= 4 is 5.91 Å². The number of rotatable bonds is 5. The van der Waals surface area contributed by atoms with Crippen LogP contribution in [0.5, 0.6) is 5.75 Å². The molecular formula is C16H24N2O2. The van der Waals surface area contributed by atoms with E-state index in [-0.39, 0.29) is 5.91 Å². The van der Waals surface area contributed by atoms with Crippen molar-refractivity contribution in [3.63, 3.8) is 0 Å². The quantitative estimate of drug-likeness (QED) is 0.865. The van der Waals surface area contributed by atoms with Crippen LogP contribution in [0.3, 0.4) is 0 Å². The fourth-order valence-electron chi connectivity index (χ4n) is 3.01. The van der Waals surface area contributed by atoms with E-state index in [4.69, 9.17) is 10.5 Å². The van der Waals surface area contributed by atoms with Crippen LogP contribution in [-0.2, 0) is 0 Å². The summed E-state index contributed by atoms with van der Waals surface area (Å²) in [7, 11) is 1.59. The molecule has 0 spiro atoms. The highest BCUT2D eigenvalue weighted by atomic mass is 16.5. The van der Waals surface area contributed by atoms with Crippen molar-refractivity contribution in [2.75, 3.05) is 20.2 Å². The number of ether oxygens (including phenoxy) is 1. The maximum atomic E-state index is 12.3. The van der Waals surface area contributed by atoms with Gasteiger partial charge in [0, 0.05) is 6.54 Å². The Kier molecular flexibility index (Phi) is 5.01. The fourth-order valence-corrected chi connectivity index (χ4v) is 3.01. The lowest BCUT2D eigenvalue weighted by Crippen LogP contribution is -2.33. The predicted octanol–water partition coefficient (Wildman–Crippen LogP) is 2.11. The molecule has 1 aromatic rings. The Labute approximate surface area is 120 Å². The third-order valence-corrected chi connectivity index (χ3v) is 4.24. The first-order valence-corrected chi connectivity index (χ1v) is 7.28. The van der Waals surface area contributed by atoms with Crippen molar-refractivity contribution in [1.82, 2.24) is 5.32 Å². The standard InChI is InChI=1S/C16H24N2O2/c1-11-6-7-15(20-2)14(8-11)16(19)18-10-13-5-3-4-12(13)9-17/h6-8,12-13H,3-5,9-10,17H2,1-2H3,(H,18,19).